The van der Waals surface area contributed by atoms with Gasteiger partial charge in [-0.15, -0.1) is 0 Å². The molecule has 0 bridgehead atoms. The van der Waals surface area contributed by atoms with E-state index in [0.717, 1.165) is 51.0 Å². The van der Waals surface area contributed by atoms with Gasteiger partial charge in [-0.05, 0) is 37.2 Å². The van der Waals surface area contributed by atoms with Crippen LogP contribution in [0.15, 0.2) is 47.6 Å². The van der Waals surface area contributed by atoms with Gasteiger partial charge in [0.05, 0.1) is 0 Å². The number of aliphatic imine (C=N–C) groups is 1. The third-order valence-electron chi connectivity index (χ3n) is 4.86. The molecule has 1 aliphatic heterocycles. The Morgan fingerprint density at radius 1 is 1.04 bits per heavy atom. The number of aryl methyl sites for hydroxylation is 1. The van der Waals surface area contributed by atoms with E-state index < -0.39 is 0 Å². The highest BCUT2D eigenvalue weighted by atomic mass is 15.3. The largest absolute Gasteiger partial charge is 0.354 e. The molecule has 0 aliphatic carbocycles. The molecule has 1 saturated heterocycles. The summed E-state index contributed by atoms with van der Waals surface area (Å²) in [6.45, 7) is 7.80. The standard InChI is InChI=1S/C21H30N6/c1-17-5-4-6-18(13-17)15-24-21(22-2)25-16-19-7-8-23-20(14-19)27-11-9-26(3)10-12-27/h4-8,13-14H,9-12,15-16H2,1-3H3,(H2,22,24,25). The molecule has 6 nitrogen and oxygen atoms in total. The van der Waals surface area contributed by atoms with Crippen molar-refractivity contribution >= 4 is 11.8 Å². The van der Waals surface area contributed by atoms with Gasteiger partial charge in [0, 0.05) is 52.5 Å². The molecule has 144 valence electrons. The molecule has 0 saturated carbocycles. The van der Waals surface area contributed by atoms with Crippen LogP contribution in [0.4, 0.5) is 5.82 Å². The first-order chi connectivity index (χ1) is 13.1. The van der Waals surface area contributed by atoms with Crippen LogP contribution in [0.5, 0.6) is 0 Å². The molecule has 0 spiro atoms. The minimum Gasteiger partial charge on any atom is -0.354 e. The Labute approximate surface area is 162 Å². The van der Waals surface area contributed by atoms with Crippen LogP contribution in [0, 0.1) is 6.92 Å². The molecule has 1 aromatic heterocycles. The summed E-state index contributed by atoms with van der Waals surface area (Å²) in [7, 11) is 3.97. The van der Waals surface area contributed by atoms with E-state index in [1.807, 2.05) is 6.20 Å². The highest BCUT2D eigenvalue weighted by Crippen LogP contribution is 2.14. The van der Waals surface area contributed by atoms with Gasteiger partial charge in [-0.2, -0.15) is 0 Å². The maximum Gasteiger partial charge on any atom is 0.191 e. The molecule has 2 N–H and O–H groups in total. The predicted molar refractivity (Wildman–Crippen MR) is 112 cm³/mol. The van der Waals surface area contributed by atoms with E-state index in [2.05, 4.69) is 80.8 Å². The van der Waals surface area contributed by atoms with E-state index in [1.54, 1.807) is 7.05 Å². The molecule has 0 atom stereocenters. The minimum atomic E-state index is 0.719. The maximum atomic E-state index is 4.55. The van der Waals surface area contributed by atoms with Crippen molar-refractivity contribution in [3.05, 3.63) is 59.3 Å². The van der Waals surface area contributed by atoms with Crippen molar-refractivity contribution in [2.75, 3.05) is 45.2 Å². The van der Waals surface area contributed by atoms with Crippen molar-refractivity contribution in [3.8, 4) is 0 Å². The van der Waals surface area contributed by atoms with Gasteiger partial charge < -0.3 is 20.4 Å². The third-order valence-corrected chi connectivity index (χ3v) is 4.86. The number of nitrogens with one attached hydrogen (secondary N) is 2. The fraction of sp³-hybridized carbons (Fsp3) is 0.429. The molecule has 1 aromatic carbocycles. The van der Waals surface area contributed by atoms with Gasteiger partial charge in [0.25, 0.3) is 0 Å². The SMILES string of the molecule is CN=C(NCc1cccc(C)c1)NCc1ccnc(N2CCN(C)CC2)c1. The molecule has 2 aromatic rings. The summed E-state index contributed by atoms with van der Waals surface area (Å²) in [5, 5.41) is 6.77. The van der Waals surface area contributed by atoms with E-state index in [-0.39, 0.29) is 0 Å². The first-order valence-electron chi connectivity index (χ1n) is 9.52. The van der Waals surface area contributed by atoms with Gasteiger partial charge in [-0.3, -0.25) is 4.99 Å². The first kappa shape index (κ1) is 19.2. The highest BCUT2D eigenvalue weighted by Gasteiger charge is 2.15. The van der Waals surface area contributed by atoms with E-state index in [1.165, 1.54) is 16.7 Å². The van der Waals surface area contributed by atoms with Crippen LogP contribution in [-0.2, 0) is 13.1 Å². The number of pyridine rings is 1. The number of likely N-dealkylation sites (N-methyl/N-ethyl adjacent to an activating group) is 1. The molecule has 1 aliphatic rings. The van der Waals surface area contributed by atoms with E-state index in [9.17, 15) is 0 Å². The number of rotatable bonds is 5. The molecule has 0 unspecified atom stereocenters. The summed E-state index contributed by atoms with van der Waals surface area (Å²) in [5.41, 5.74) is 3.72. The fourth-order valence-electron chi connectivity index (χ4n) is 3.19. The second-order valence-corrected chi connectivity index (χ2v) is 7.08. The summed E-state index contributed by atoms with van der Waals surface area (Å²) in [4.78, 5) is 13.6. The van der Waals surface area contributed by atoms with Crippen LogP contribution >= 0.6 is 0 Å². The Hall–Kier alpha value is -2.60. The number of aromatic nitrogens is 1. The van der Waals surface area contributed by atoms with Crippen LogP contribution < -0.4 is 15.5 Å². The average molecular weight is 367 g/mol. The average Bonchev–Trinajstić information content (AvgIpc) is 2.69. The monoisotopic (exact) mass is 366 g/mol. The Balaban J connectivity index is 1.53. The highest BCUT2D eigenvalue weighted by molar-refractivity contribution is 5.79. The van der Waals surface area contributed by atoms with Crippen molar-refractivity contribution in [2.45, 2.75) is 20.0 Å². The number of piperazine rings is 1. The number of hydrogen-bond acceptors (Lipinski definition) is 4. The minimum absolute atomic E-state index is 0.719. The fourth-order valence-corrected chi connectivity index (χ4v) is 3.19. The topological polar surface area (TPSA) is 55.8 Å². The predicted octanol–water partition coefficient (Wildman–Crippen LogP) is 2.01. The second kappa shape index (κ2) is 9.37. The van der Waals surface area contributed by atoms with Gasteiger partial charge in [-0.1, -0.05) is 29.8 Å². The van der Waals surface area contributed by atoms with Crippen molar-refractivity contribution in [2.24, 2.45) is 4.99 Å². The maximum absolute atomic E-state index is 4.55. The van der Waals surface area contributed by atoms with Crippen molar-refractivity contribution < 1.29 is 0 Å². The lowest BCUT2D eigenvalue weighted by molar-refractivity contribution is 0.312. The Morgan fingerprint density at radius 3 is 2.41 bits per heavy atom. The van der Waals surface area contributed by atoms with Crippen LogP contribution in [0.2, 0.25) is 0 Å². The second-order valence-electron chi connectivity index (χ2n) is 7.08. The number of guanidine groups is 1. The molecule has 6 heteroatoms. The summed E-state index contributed by atoms with van der Waals surface area (Å²) in [6.07, 6.45) is 1.90. The summed E-state index contributed by atoms with van der Waals surface area (Å²) < 4.78 is 0. The quantitative estimate of drug-likeness (QED) is 0.626. The third kappa shape index (κ3) is 5.69. The molecular weight excluding hydrogens is 336 g/mol. The Kier molecular flexibility index (Phi) is 6.65. The number of anilines is 1. The lowest BCUT2D eigenvalue weighted by atomic mass is 10.1. The molecule has 3 rings (SSSR count). The number of nitrogens with zero attached hydrogens (tertiary/aromatic N) is 4. The lowest BCUT2D eigenvalue weighted by Gasteiger charge is -2.33. The summed E-state index contributed by atoms with van der Waals surface area (Å²) >= 11 is 0. The van der Waals surface area contributed by atoms with Gasteiger partial charge in [0.2, 0.25) is 0 Å². The van der Waals surface area contributed by atoms with Gasteiger partial charge in [0.15, 0.2) is 5.96 Å². The van der Waals surface area contributed by atoms with Crippen LogP contribution in [0.25, 0.3) is 0 Å². The molecule has 1 fully saturated rings. The van der Waals surface area contributed by atoms with Crippen molar-refractivity contribution in [1.82, 2.24) is 20.5 Å². The summed E-state index contributed by atoms with van der Waals surface area (Å²) in [6, 6.07) is 12.7. The zero-order valence-corrected chi connectivity index (χ0v) is 16.6. The molecule has 0 radical (unpaired) electrons. The van der Waals surface area contributed by atoms with Gasteiger partial charge in [-0.25, -0.2) is 4.98 Å². The number of benzene rings is 1. The van der Waals surface area contributed by atoms with E-state index >= 15 is 0 Å². The van der Waals surface area contributed by atoms with Gasteiger partial charge >= 0.3 is 0 Å². The number of hydrogen-bond donors (Lipinski definition) is 2. The van der Waals surface area contributed by atoms with Crippen molar-refractivity contribution in [1.29, 1.82) is 0 Å². The molecule has 2 heterocycles. The lowest BCUT2D eigenvalue weighted by Crippen LogP contribution is -2.44. The normalized spacial score (nSPS) is 15.7. The van der Waals surface area contributed by atoms with Gasteiger partial charge in [0.1, 0.15) is 5.82 Å². The van der Waals surface area contributed by atoms with Crippen molar-refractivity contribution in [3.63, 3.8) is 0 Å². The molecule has 0 amide bonds. The van der Waals surface area contributed by atoms with Crippen LogP contribution in [0.1, 0.15) is 16.7 Å². The van der Waals surface area contributed by atoms with E-state index in [4.69, 9.17) is 0 Å². The zero-order valence-electron chi connectivity index (χ0n) is 16.6. The Morgan fingerprint density at radius 2 is 1.74 bits per heavy atom. The summed E-state index contributed by atoms with van der Waals surface area (Å²) in [5.74, 6) is 1.86. The van der Waals surface area contributed by atoms with Crippen LogP contribution in [0.3, 0.4) is 0 Å². The Bertz CT molecular complexity index is 765. The smallest absolute Gasteiger partial charge is 0.191 e. The first-order valence-corrected chi connectivity index (χ1v) is 9.52. The van der Waals surface area contributed by atoms with Crippen LogP contribution in [-0.4, -0.2) is 56.1 Å². The zero-order chi connectivity index (χ0) is 19.1. The molecule has 27 heavy (non-hydrogen) atoms. The van der Waals surface area contributed by atoms with E-state index in [0.29, 0.717) is 0 Å². The molecular formula is C21H30N6.